The van der Waals surface area contributed by atoms with E-state index in [-0.39, 0.29) is 24.0 Å². The second-order valence-corrected chi connectivity index (χ2v) is 7.58. The van der Waals surface area contributed by atoms with Gasteiger partial charge in [0.25, 0.3) is 0 Å². The molecule has 2 N–H and O–H groups in total. The number of benzene rings is 1. The topological polar surface area (TPSA) is 39.7 Å². The summed E-state index contributed by atoms with van der Waals surface area (Å²) in [5, 5.41) is 7.68. The maximum atomic E-state index is 4.36. The molecule has 1 aromatic rings. The number of guanidine groups is 1. The largest absolute Gasteiger partial charge is 0.355 e. The Balaban J connectivity index is 0.00000312. The molecule has 0 bridgehead atoms. The van der Waals surface area contributed by atoms with Gasteiger partial charge in [-0.2, -0.15) is 11.8 Å². The minimum atomic E-state index is 0. The zero-order valence-corrected chi connectivity index (χ0v) is 18.9. The number of thioether (sulfide) groups is 1. The van der Waals surface area contributed by atoms with Crippen molar-refractivity contribution in [3.05, 3.63) is 35.4 Å². The lowest BCUT2D eigenvalue weighted by Gasteiger charge is -2.21. The molecule has 1 fully saturated rings. The number of hydrogen-bond acceptors (Lipinski definition) is 3. The Hall–Kier alpha value is -0.470. The molecule has 4 nitrogen and oxygen atoms in total. The highest BCUT2D eigenvalue weighted by atomic mass is 127. The van der Waals surface area contributed by atoms with E-state index in [4.69, 9.17) is 0 Å². The molecule has 142 valence electrons. The van der Waals surface area contributed by atoms with Crippen LogP contribution in [-0.4, -0.2) is 48.5 Å². The van der Waals surface area contributed by atoms with Crippen LogP contribution in [0.1, 0.15) is 37.8 Å². The molecular formula is C19H33IN4S. The van der Waals surface area contributed by atoms with Crippen molar-refractivity contribution in [1.82, 2.24) is 15.5 Å². The molecule has 1 unspecified atom stereocenters. The highest BCUT2D eigenvalue weighted by Gasteiger charge is 2.15. The van der Waals surface area contributed by atoms with Gasteiger partial charge in [-0.3, -0.25) is 9.89 Å². The molecule has 1 aliphatic rings. The normalized spacial score (nSPS) is 17.4. The molecule has 0 aliphatic carbocycles. The lowest BCUT2D eigenvalue weighted by molar-refractivity contribution is 0.295. The zero-order valence-electron chi connectivity index (χ0n) is 15.8. The van der Waals surface area contributed by atoms with Crippen LogP contribution in [0, 0.1) is 0 Å². The fourth-order valence-electron chi connectivity index (χ4n) is 2.99. The molecule has 0 aromatic heterocycles. The van der Waals surface area contributed by atoms with E-state index in [0.717, 1.165) is 43.9 Å². The van der Waals surface area contributed by atoms with E-state index < -0.39 is 0 Å². The third kappa shape index (κ3) is 7.74. The number of rotatable bonds is 8. The van der Waals surface area contributed by atoms with Crippen LogP contribution in [0.3, 0.4) is 0 Å². The van der Waals surface area contributed by atoms with Gasteiger partial charge in [0.2, 0.25) is 0 Å². The van der Waals surface area contributed by atoms with Gasteiger partial charge in [-0.15, -0.1) is 24.0 Å². The Bertz CT molecular complexity index is 514. The van der Waals surface area contributed by atoms with Crippen molar-refractivity contribution in [2.24, 2.45) is 4.99 Å². The first-order valence-electron chi connectivity index (χ1n) is 9.12. The van der Waals surface area contributed by atoms with E-state index in [1.165, 1.54) is 29.7 Å². The average Bonchev–Trinajstić information content (AvgIpc) is 3.14. The molecule has 25 heavy (non-hydrogen) atoms. The molecular weight excluding hydrogens is 443 g/mol. The molecule has 1 aliphatic heterocycles. The Labute approximate surface area is 174 Å². The summed E-state index contributed by atoms with van der Waals surface area (Å²) in [5.41, 5.74) is 2.75. The van der Waals surface area contributed by atoms with Gasteiger partial charge < -0.3 is 10.6 Å². The van der Waals surface area contributed by atoms with Crippen LogP contribution in [0.4, 0.5) is 0 Å². The van der Waals surface area contributed by atoms with Crippen molar-refractivity contribution in [2.75, 3.05) is 32.4 Å². The summed E-state index contributed by atoms with van der Waals surface area (Å²) in [6.07, 6.45) is 2.67. The number of nitrogens with one attached hydrogen (secondary N) is 2. The van der Waals surface area contributed by atoms with Crippen LogP contribution < -0.4 is 10.6 Å². The second-order valence-electron chi connectivity index (χ2n) is 6.17. The van der Waals surface area contributed by atoms with Crippen LogP contribution in [-0.2, 0) is 13.1 Å². The van der Waals surface area contributed by atoms with Crippen molar-refractivity contribution in [3.8, 4) is 0 Å². The molecule has 0 amide bonds. The van der Waals surface area contributed by atoms with Gasteiger partial charge in [-0.25, -0.2) is 0 Å². The van der Waals surface area contributed by atoms with Crippen LogP contribution in [0.15, 0.2) is 29.3 Å². The summed E-state index contributed by atoms with van der Waals surface area (Å²) in [5.74, 6) is 2.21. The summed E-state index contributed by atoms with van der Waals surface area (Å²) in [6.45, 7) is 9.44. The maximum absolute atomic E-state index is 4.36. The van der Waals surface area contributed by atoms with Crippen LogP contribution in [0.5, 0.6) is 0 Å². The zero-order chi connectivity index (χ0) is 17.2. The fraction of sp³-hybridized carbons (Fsp3) is 0.632. The third-order valence-corrected chi connectivity index (χ3v) is 6.00. The summed E-state index contributed by atoms with van der Waals surface area (Å²) >= 11 is 2.07. The molecule has 2 rings (SSSR count). The van der Waals surface area contributed by atoms with E-state index in [2.05, 4.69) is 70.4 Å². The molecule has 0 spiro atoms. The SMILES string of the molecule is CCN(CC)Cc1ccccc1CNC(=NC)NCC1CCCS1.I. The fourth-order valence-corrected chi connectivity index (χ4v) is 4.19. The first-order valence-corrected chi connectivity index (χ1v) is 10.2. The summed E-state index contributed by atoms with van der Waals surface area (Å²) in [6, 6.07) is 8.70. The van der Waals surface area contributed by atoms with Crippen molar-refractivity contribution < 1.29 is 0 Å². The second kappa shape index (κ2) is 12.8. The highest BCUT2D eigenvalue weighted by molar-refractivity contribution is 14.0. The van der Waals surface area contributed by atoms with Gasteiger partial charge >= 0.3 is 0 Å². The first kappa shape index (κ1) is 22.6. The van der Waals surface area contributed by atoms with E-state index in [9.17, 15) is 0 Å². The summed E-state index contributed by atoms with van der Waals surface area (Å²) in [4.78, 5) is 6.81. The number of hydrogen-bond donors (Lipinski definition) is 2. The number of halogens is 1. The molecule has 0 saturated carbocycles. The minimum absolute atomic E-state index is 0. The van der Waals surface area contributed by atoms with E-state index in [1.807, 2.05) is 7.05 Å². The Kier molecular flexibility index (Phi) is 11.6. The van der Waals surface area contributed by atoms with E-state index >= 15 is 0 Å². The lowest BCUT2D eigenvalue weighted by atomic mass is 10.1. The molecule has 1 aromatic carbocycles. The van der Waals surface area contributed by atoms with Gasteiger partial charge in [-0.05, 0) is 42.8 Å². The predicted molar refractivity (Wildman–Crippen MR) is 122 cm³/mol. The van der Waals surface area contributed by atoms with Crippen molar-refractivity contribution in [3.63, 3.8) is 0 Å². The summed E-state index contributed by atoms with van der Waals surface area (Å²) in [7, 11) is 1.85. The van der Waals surface area contributed by atoms with Gasteiger partial charge in [0, 0.05) is 31.9 Å². The Morgan fingerprint density at radius 1 is 1.20 bits per heavy atom. The number of aliphatic imine (C=N–C) groups is 1. The Morgan fingerprint density at radius 2 is 1.92 bits per heavy atom. The van der Waals surface area contributed by atoms with Gasteiger partial charge in [-0.1, -0.05) is 38.1 Å². The Morgan fingerprint density at radius 3 is 2.52 bits per heavy atom. The first-order chi connectivity index (χ1) is 11.8. The standard InChI is InChI=1S/C19H32N4S.HI/c1-4-23(5-2)15-17-10-7-6-9-16(17)13-21-19(20-3)22-14-18-11-8-12-24-18;/h6-7,9-10,18H,4-5,8,11-15H2,1-3H3,(H2,20,21,22);1H. The molecule has 6 heteroatoms. The average molecular weight is 476 g/mol. The molecule has 1 atom stereocenters. The van der Waals surface area contributed by atoms with Crippen LogP contribution in [0.2, 0.25) is 0 Å². The van der Waals surface area contributed by atoms with Crippen molar-refractivity contribution in [1.29, 1.82) is 0 Å². The molecule has 1 saturated heterocycles. The molecule has 1 heterocycles. The van der Waals surface area contributed by atoms with Crippen molar-refractivity contribution in [2.45, 2.75) is 45.0 Å². The van der Waals surface area contributed by atoms with Crippen molar-refractivity contribution >= 4 is 41.7 Å². The lowest BCUT2D eigenvalue weighted by Crippen LogP contribution is -2.40. The monoisotopic (exact) mass is 476 g/mol. The third-order valence-electron chi connectivity index (χ3n) is 4.60. The van der Waals surface area contributed by atoms with E-state index in [0.29, 0.717) is 0 Å². The minimum Gasteiger partial charge on any atom is -0.355 e. The molecule has 0 radical (unpaired) electrons. The predicted octanol–water partition coefficient (Wildman–Crippen LogP) is 3.71. The van der Waals surface area contributed by atoms with Gasteiger partial charge in [0.05, 0.1) is 0 Å². The van der Waals surface area contributed by atoms with E-state index in [1.54, 1.807) is 0 Å². The van der Waals surface area contributed by atoms with Gasteiger partial charge in [0.1, 0.15) is 0 Å². The summed E-state index contributed by atoms with van der Waals surface area (Å²) < 4.78 is 0. The maximum Gasteiger partial charge on any atom is 0.191 e. The smallest absolute Gasteiger partial charge is 0.191 e. The highest BCUT2D eigenvalue weighted by Crippen LogP contribution is 2.25. The van der Waals surface area contributed by atoms with Crippen LogP contribution >= 0.6 is 35.7 Å². The quantitative estimate of drug-likeness (QED) is 0.341. The van der Waals surface area contributed by atoms with Crippen LogP contribution in [0.25, 0.3) is 0 Å². The number of nitrogens with zero attached hydrogens (tertiary/aromatic N) is 2. The van der Waals surface area contributed by atoms with Gasteiger partial charge in [0.15, 0.2) is 5.96 Å².